The zero-order valence-electron chi connectivity index (χ0n) is 16.7. The van der Waals surface area contributed by atoms with Crippen molar-refractivity contribution in [2.75, 3.05) is 17.2 Å². The Morgan fingerprint density at radius 1 is 1.27 bits per heavy atom. The Bertz CT molecular complexity index is 1120. The van der Waals surface area contributed by atoms with Crippen molar-refractivity contribution in [2.45, 2.75) is 26.3 Å². The van der Waals surface area contributed by atoms with Gasteiger partial charge < -0.3 is 16.0 Å². The molecule has 0 aliphatic carbocycles. The maximum atomic E-state index is 9.43. The fraction of sp³-hybridized carbons (Fsp3) is 0.227. The van der Waals surface area contributed by atoms with Gasteiger partial charge in [0.05, 0.1) is 6.20 Å². The van der Waals surface area contributed by atoms with Gasteiger partial charge in [-0.15, -0.1) is 0 Å². The summed E-state index contributed by atoms with van der Waals surface area (Å²) in [6, 6.07) is 11.7. The molecule has 0 atom stereocenters. The van der Waals surface area contributed by atoms with Gasteiger partial charge in [0, 0.05) is 12.2 Å². The van der Waals surface area contributed by atoms with Gasteiger partial charge in [-0.1, -0.05) is 13.0 Å². The van der Waals surface area contributed by atoms with Crippen LogP contribution < -0.4 is 16.0 Å². The second kappa shape index (κ2) is 8.68. The van der Waals surface area contributed by atoms with E-state index in [1.807, 2.05) is 0 Å². The Labute approximate surface area is 175 Å². The van der Waals surface area contributed by atoms with Crippen molar-refractivity contribution in [1.82, 2.24) is 20.3 Å². The number of benzene rings is 1. The van der Waals surface area contributed by atoms with Crippen molar-refractivity contribution >= 4 is 35.8 Å². The van der Waals surface area contributed by atoms with Crippen LogP contribution >= 0.6 is 0 Å². The second-order valence-corrected chi connectivity index (χ2v) is 6.91. The molecule has 8 heteroatoms. The number of aromatic nitrogens is 3. The lowest BCUT2D eigenvalue weighted by molar-refractivity contribution is 0.639. The van der Waals surface area contributed by atoms with Crippen LogP contribution in [0, 0.1) is 11.3 Å². The Morgan fingerprint density at radius 2 is 2.17 bits per heavy atom. The zero-order valence-corrected chi connectivity index (χ0v) is 16.7. The van der Waals surface area contributed by atoms with Gasteiger partial charge in [-0.25, -0.2) is 15.0 Å². The van der Waals surface area contributed by atoms with Gasteiger partial charge in [0.1, 0.15) is 17.5 Å². The van der Waals surface area contributed by atoms with Crippen LogP contribution in [0.3, 0.4) is 0 Å². The first kappa shape index (κ1) is 19.5. The van der Waals surface area contributed by atoms with Gasteiger partial charge in [0.2, 0.25) is 5.95 Å². The summed E-state index contributed by atoms with van der Waals surface area (Å²) in [4.78, 5) is 16.9. The summed E-state index contributed by atoms with van der Waals surface area (Å²) < 4.78 is 0. The molecule has 0 amide bonds. The SMILES string of the molecule is C=Nc1cccc(Nc2nc(Nc3cc(CC)c4c(c3)CNCC4)ncc2C#N)n1. The largest absolute Gasteiger partial charge is 0.324 e. The maximum absolute atomic E-state index is 9.43. The van der Waals surface area contributed by atoms with Crippen molar-refractivity contribution in [3.05, 3.63) is 58.8 Å². The molecule has 8 nitrogen and oxygen atoms in total. The Kier molecular flexibility index (Phi) is 5.63. The first-order chi connectivity index (χ1) is 14.7. The molecule has 0 spiro atoms. The highest BCUT2D eigenvalue weighted by Crippen LogP contribution is 2.27. The predicted octanol–water partition coefficient (Wildman–Crippen LogP) is 3.77. The zero-order chi connectivity index (χ0) is 20.9. The molecule has 0 bridgehead atoms. The van der Waals surface area contributed by atoms with E-state index in [0.717, 1.165) is 31.6 Å². The van der Waals surface area contributed by atoms with Crippen LogP contribution in [0.25, 0.3) is 0 Å². The van der Waals surface area contributed by atoms with Gasteiger partial charge in [-0.3, -0.25) is 0 Å². The molecule has 1 aromatic carbocycles. The highest BCUT2D eigenvalue weighted by molar-refractivity contribution is 5.65. The smallest absolute Gasteiger partial charge is 0.229 e. The van der Waals surface area contributed by atoms with Crippen LogP contribution in [0.1, 0.15) is 29.2 Å². The molecule has 4 rings (SSSR count). The van der Waals surface area contributed by atoms with Crippen LogP contribution in [-0.2, 0) is 19.4 Å². The van der Waals surface area contributed by atoms with Crippen LogP contribution in [0.15, 0.2) is 41.5 Å². The molecule has 150 valence electrons. The topological polar surface area (TPSA) is 111 Å². The number of nitriles is 1. The summed E-state index contributed by atoms with van der Waals surface area (Å²) in [7, 11) is 0. The average molecular weight is 398 g/mol. The lowest BCUT2D eigenvalue weighted by atomic mass is 9.93. The van der Waals surface area contributed by atoms with E-state index in [-0.39, 0.29) is 0 Å². The maximum Gasteiger partial charge on any atom is 0.229 e. The number of aliphatic imine (C=N–C) groups is 1. The van der Waals surface area contributed by atoms with Crippen molar-refractivity contribution < 1.29 is 0 Å². The van der Waals surface area contributed by atoms with Gasteiger partial charge in [0.25, 0.3) is 0 Å². The molecule has 2 aromatic heterocycles. The standard InChI is InChI=1S/C22H22N8/c1-3-14-9-17(10-15-12-25-8-7-18(14)15)27-22-26-13-16(11-23)21(30-22)29-20-6-4-5-19(24-2)28-20/h4-6,9-10,13,25H,2-3,7-8,12H2,1H3,(H2,26,27,28,29,30). The molecule has 0 saturated carbocycles. The molecule has 0 unspecified atom stereocenters. The van der Waals surface area contributed by atoms with E-state index in [9.17, 15) is 5.26 Å². The lowest BCUT2D eigenvalue weighted by Crippen LogP contribution is -2.24. The lowest BCUT2D eigenvalue weighted by Gasteiger charge is -2.21. The Balaban J connectivity index is 1.63. The first-order valence-corrected chi connectivity index (χ1v) is 9.80. The highest BCUT2D eigenvalue weighted by Gasteiger charge is 2.15. The number of hydrogen-bond donors (Lipinski definition) is 3. The summed E-state index contributed by atoms with van der Waals surface area (Å²) in [5.74, 6) is 1.79. The van der Waals surface area contributed by atoms with E-state index < -0.39 is 0 Å². The molecule has 3 N–H and O–H groups in total. The molecular weight excluding hydrogens is 376 g/mol. The van der Waals surface area contributed by atoms with Gasteiger partial charge in [0.15, 0.2) is 11.6 Å². The summed E-state index contributed by atoms with van der Waals surface area (Å²) in [5.41, 5.74) is 5.32. The number of anilines is 4. The number of hydrogen-bond acceptors (Lipinski definition) is 8. The van der Waals surface area contributed by atoms with Crippen molar-refractivity contribution in [3.8, 4) is 6.07 Å². The van der Waals surface area contributed by atoms with Gasteiger partial charge in [-0.05, 0) is 67.1 Å². The highest BCUT2D eigenvalue weighted by atomic mass is 15.2. The number of fused-ring (bicyclic) bond motifs is 1. The van der Waals surface area contributed by atoms with Crippen LogP contribution in [0.5, 0.6) is 0 Å². The minimum absolute atomic E-state index is 0.322. The van der Waals surface area contributed by atoms with E-state index in [4.69, 9.17) is 0 Å². The number of nitrogens with one attached hydrogen (secondary N) is 3. The summed E-state index contributed by atoms with van der Waals surface area (Å²) in [5, 5.41) is 19.2. The number of rotatable bonds is 6. The van der Waals surface area contributed by atoms with Crippen molar-refractivity contribution in [2.24, 2.45) is 4.99 Å². The molecule has 0 fully saturated rings. The molecule has 1 aliphatic heterocycles. The quantitative estimate of drug-likeness (QED) is 0.542. The summed E-state index contributed by atoms with van der Waals surface area (Å²) >= 11 is 0. The third-order valence-electron chi connectivity index (χ3n) is 4.99. The molecule has 0 saturated heterocycles. The number of pyridine rings is 1. The van der Waals surface area contributed by atoms with E-state index in [0.29, 0.717) is 29.0 Å². The monoisotopic (exact) mass is 398 g/mol. The number of aryl methyl sites for hydroxylation is 1. The fourth-order valence-electron chi connectivity index (χ4n) is 3.55. The van der Waals surface area contributed by atoms with Gasteiger partial charge in [-0.2, -0.15) is 10.2 Å². The summed E-state index contributed by atoms with van der Waals surface area (Å²) in [6.45, 7) is 7.52. The molecule has 3 heterocycles. The predicted molar refractivity (Wildman–Crippen MR) is 118 cm³/mol. The van der Waals surface area contributed by atoms with E-state index in [1.54, 1.807) is 18.2 Å². The van der Waals surface area contributed by atoms with Crippen molar-refractivity contribution in [1.29, 1.82) is 5.26 Å². The molecule has 3 aromatic rings. The minimum Gasteiger partial charge on any atom is -0.324 e. The van der Waals surface area contributed by atoms with Crippen LogP contribution in [0.4, 0.5) is 29.1 Å². The van der Waals surface area contributed by atoms with E-state index in [2.05, 4.69) is 67.7 Å². The first-order valence-electron chi connectivity index (χ1n) is 9.80. The van der Waals surface area contributed by atoms with Gasteiger partial charge >= 0.3 is 0 Å². The minimum atomic E-state index is 0.322. The number of nitrogens with zero attached hydrogens (tertiary/aromatic N) is 5. The normalized spacial score (nSPS) is 12.5. The Morgan fingerprint density at radius 3 is 2.97 bits per heavy atom. The Hall–Kier alpha value is -3.83. The van der Waals surface area contributed by atoms with Crippen LogP contribution in [-0.4, -0.2) is 28.2 Å². The molecule has 1 aliphatic rings. The third kappa shape index (κ3) is 4.11. The van der Waals surface area contributed by atoms with Crippen molar-refractivity contribution in [3.63, 3.8) is 0 Å². The molecular formula is C22H22N8. The summed E-state index contributed by atoms with van der Waals surface area (Å²) in [6.07, 6.45) is 3.51. The average Bonchev–Trinajstić information content (AvgIpc) is 2.79. The second-order valence-electron chi connectivity index (χ2n) is 6.91. The van der Waals surface area contributed by atoms with Crippen LogP contribution in [0.2, 0.25) is 0 Å². The third-order valence-corrected chi connectivity index (χ3v) is 4.99. The molecule has 30 heavy (non-hydrogen) atoms. The van der Waals surface area contributed by atoms with E-state index >= 15 is 0 Å². The molecule has 0 radical (unpaired) electrons. The van der Waals surface area contributed by atoms with E-state index in [1.165, 1.54) is 22.9 Å². The fourth-order valence-corrected chi connectivity index (χ4v) is 3.55.